The first kappa shape index (κ1) is 7.14. The molecule has 3 heteroatoms. The van der Waals surface area contributed by atoms with Crippen molar-refractivity contribution in [3.8, 4) is 0 Å². The molecule has 0 saturated heterocycles. The summed E-state index contributed by atoms with van der Waals surface area (Å²) in [5.41, 5.74) is 0.621. The smallest absolute Gasteiger partial charge is 0.436 e. The van der Waals surface area contributed by atoms with E-state index in [-0.39, 0.29) is 6.61 Å². The SMILES string of the molecule is C=C(C)COC(=O)F. The molecule has 0 radical (unpaired) electrons. The maximum absolute atomic E-state index is 11.2. The third-order valence-corrected chi connectivity index (χ3v) is 0.432. The Morgan fingerprint density at radius 1 is 1.88 bits per heavy atom. The second-order valence-corrected chi connectivity index (χ2v) is 1.48. The summed E-state index contributed by atoms with van der Waals surface area (Å²) in [5.74, 6) is 0. The lowest BCUT2D eigenvalue weighted by atomic mass is 10.4. The molecular weight excluding hydrogens is 111 g/mol. The molecular formula is C5H7FO2. The lowest BCUT2D eigenvalue weighted by Gasteiger charge is -1.94. The molecule has 0 heterocycles. The van der Waals surface area contributed by atoms with Crippen LogP contribution in [0.1, 0.15) is 6.92 Å². The van der Waals surface area contributed by atoms with Crippen molar-refractivity contribution in [1.82, 2.24) is 0 Å². The molecule has 0 bridgehead atoms. The molecule has 0 fully saturated rings. The Labute approximate surface area is 47.0 Å². The highest BCUT2D eigenvalue weighted by molar-refractivity contribution is 5.58. The summed E-state index contributed by atoms with van der Waals surface area (Å²) >= 11 is 0. The quantitative estimate of drug-likeness (QED) is 0.407. The fraction of sp³-hybridized carbons (Fsp3) is 0.400. The number of rotatable bonds is 2. The molecule has 0 atom stereocenters. The zero-order valence-corrected chi connectivity index (χ0v) is 4.61. The molecule has 0 aromatic rings. The zero-order chi connectivity index (χ0) is 6.57. The molecule has 0 amide bonds. The third kappa shape index (κ3) is 5.14. The van der Waals surface area contributed by atoms with Crippen LogP contribution in [0.25, 0.3) is 0 Å². The van der Waals surface area contributed by atoms with E-state index in [9.17, 15) is 9.18 Å². The number of halogens is 1. The van der Waals surface area contributed by atoms with E-state index in [4.69, 9.17) is 0 Å². The maximum Gasteiger partial charge on any atom is 0.495 e. The van der Waals surface area contributed by atoms with Gasteiger partial charge in [-0.25, -0.2) is 4.79 Å². The van der Waals surface area contributed by atoms with Crippen LogP contribution in [0.5, 0.6) is 0 Å². The van der Waals surface area contributed by atoms with Crippen LogP contribution >= 0.6 is 0 Å². The van der Waals surface area contributed by atoms with Crippen LogP contribution in [-0.2, 0) is 4.74 Å². The molecule has 8 heavy (non-hydrogen) atoms. The normalized spacial score (nSPS) is 8.25. The molecule has 0 spiro atoms. The van der Waals surface area contributed by atoms with Crippen molar-refractivity contribution < 1.29 is 13.9 Å². The first-order valence-corrected chi connectivity index (χ1v) is 2.09. The minimum absolute atomic E-state index is 0.0324. The molecule has 0 aliphatic heterocycles. The summed E-state index contributed by atoms with van der Waals surface area (Å²) in [6.07, 6.45) is -1.76. The van der Waals surface area contributed by atoms with Gasteiger partial charge < -0.3 is 4.74 Å². The van der Waals surface area contributed by atoms with Crippen molar-refractivity contribution >= 4 is 6.22 Å². The Morgan fingerprint density at radius 2 is 2.38 bits per heavy atom. The van der Waals surface area contributed by atoms with Gasteiger partial charge in [0.15, 0.2) is 0 Å². The van der Waals surface area contributed by atoms with Gasteiger partial charge in [-0.1, -0.05) is 6.58 Å². The number of carbonyl (C=O) groups excluding carboxylic acids is 1. The highest BCUT2D eigenvalue weighted by atomic mass is 19.1. The molecule has 2 nitrogen and oxygen atoms in total. The van der Waals surface area contributed by atoms with Gasteiger partial charge in [-0.15, -0.1) is 4.39 Å². The van der Waals surface area contributed by atoms with E-state index in [0.717, 1.165) is 0 Å². The summed E-state index contributed by atoms with van der Waals surface area (Å²) in [4.78, 5) is 9.42. The second-order valence-electron chi connectivity index (χ2n) is 1.48. The van der Waals surface area contributed by atoms with Gasteiger partial charge >= 0.3 is 6.22 Å². The number of carbonyl (C=O) groups is 1. The van der Waals surface area contributed by atoms with Crippen molar-refractivity contribution in [2.24, 2.45) is 0 Å². The molecule has 0 aromatic carbocycles. The fourth-order valence-corrected chi connectivity index (χ4v) is 0.180. The number of hydrogen-bond acceptors (Lipinski definition) is 2. The highest BCUT2D eigenvalue weighted by Gasteiger charge is 1.94. The highest BCUT2D eigenvalue weighted by Crippen LogP contribution is 1.89. The summed E-state index contributed by atoms with van der Waals surface area (Å²) in [5, 5.41) is 0. The summed E-state index contributed by atoms with van der Waals surface area (Å²) in [6, 6.07) is 0. The Balaban J connectivity index is 3.18. The predicted octanol–water partition coefficient (Wildman–Crippen LogP) is 1.67. The maximum atomic E-state index is 11.2. The van der Waals surface area contributed by atoms with Crippen LogP contribution < -0.4 is 0 Å². The van der Waals surface area contributed by atoms with Crippen LogP contribution in [0.4, 0.5) is 9.18 Å². The first-order chi connectivity index (χ1) is 3.63. The van der Waals surface area contributed by atoms with E-state index in [1.807, 2.05) is 0 Å². The molecule has 0 saturated carbocycles. The molecule has 0 unspecified atom stereocenters. The summed E-state index contributed by atoms with van der Waals surface area (Å²) in [7, 11) is 0. The predicted molar refractivity (Wildman–Crippen MR) is 27.3 cm³/mol. The van der Waals surface area contributed by atoms with E-state index in [0.29, 0.717) is 5.57 Å². The average Bonchev–Trinajstić information content (AvgIpc) is 1.61. The van der Waals surface area contributed by atoms with Gasteiger partial charge in [0.25, 0.3) is 0 Å². The lowest BCUT2D eigenvalue weighted by molar-refractivity contribution is 0.130. The molecule has 0 N–H and O–H groups in total. The first-order valence-electron chi connectivity index (χ1n) is 2.09. The molecule has 46 valence electrons. The van der Waals surface area contributed by atoms with Crippen LogP contribution in [-0.4, -0.2) is 12.8 Å². The monoisotopic (exact) mass is 118 g/mol. The van der Waals surface area contributed by atoms with E-state index in [1.54, 1.807) is 6.92 Å². The average molecular weight is 118 g/mol. The van der Waals surface area contributed by atoms with Crippen molar-refractivity contribution in [3.05, 3.63) is 12.2 Å². The van der Waals surface area contributed by atoms with Crippen molar-refractivity contribution in [3.63, 3.8) is 0 Å². The van der Waals surface area contributed by atoms with Crippen molar-refractivity contribution in [1.29, 1.82) is 0 Å². The number of hydrogen-bond donors (Lipinski definition) is 0. The third-order valence-electron chi connectivity index (χ3n) is 0.432. The zero-order valence-electron chi connectivity index (χ0n) is 4.61. The van der Waals surface area contributed by atoms with Gasteiger partial charge in [0.05, 0.1) is 0 Å². The molecule has 0 aromatic heterocycles. The number of ether oxygens (including phenoxy) is 1. The van der Waals surface area contributed by atoms with Crippen LogP contribution in [0.2, 0.25) is 0 Å². The van der Waals surface area contributed by atoms with Crippen LogP contribution in [0.3, 0.4) is 0 Å². The Hall–Kier alpha value is -0.860. The van der Waals surface area contributed by atoms with Gasteiger partial charge in [-0.2, -0.15) is 0 Å². The fourth-order valence-electron chi connectivity index (χ4n) is 0.180. The Kier molecular flexibility index (Phi) is 2.84. The molecule has 0 rings (SSSR count). The minimum Gasteiger partial charge on any atom is -0.436 e. The van der Waals surface area contributed by atoms with Gasteiger partial charge in [0.1, 0.15) is 6.61 Å². The summed E-state index contributed by atoms with van der Waals surface area (Å²) in [6.45, 7) is 4.99. The van der Waals surface area contributed by atoms with E-state index in [1.165, 1.54) is 0 Å². The topological polar surface area (TPSA) is 26.3 Å². The minimum atomic E-state index is -1.76. The van der Waals surface area contributed by atoms with Crippen molar-refractivity contribution in [2.45, 2.75) is 6.92 Å². The second kappa shape index (κ2) is 3.18. The van der Waals surface area contributed by atoms with Gasteiger partial charge in [-0.3, -0.25) is 0 Å². The molecule has 0 aliphatic rings. The van der Waals surface area contributed by atoms with Crippen molar-refractivity contribution in [2.75, 3.05) is 6.61 Å². The van der Waals surface area contributed by atoms with Crippen LogP contribution in [0, 0.1) is 0 Å². The van der Waals surface area contributed by atoms with Gasteiger partial charge in [0, 0.05) is 0 Å². The Morgan fingerprint density at radius 3 is 2.50 bits per heavy atom. The van der Waals surface area contributed by atoms with Gasteiger partial charge in [-0.05, 0) is 12.5 Å². The summed E-state index contributed by atoms with van der Waals surface area (Å²) < 4.78 is 15.1. The van der Waals surface area contributed by atoms with Gasteiger partial charge in [0.2, 0.25) is 0 Å². The molecule has 0 aliphatic carbocycles. The van der Waals surface area contributed by atoms with E-state index in [2.05, 4.69) is 11.3 Å². The van der Waals surface area contributed by atoms with E-state index < -0.39 is 6.22 Å². The standard InChI is InChI=1S/C5H7FO2/c1-4(2)3-8-5(6)7/h1,3H2,2H3. The Bertz CT molecular complexity index is 95.0. The van der Waals surface area contributed by atoms with Crippen LogP contribution in [0.15, 0.2) is 12.2 Å². The largest absolute Gasteiger partial charge is 0.495 e. The van der Waals surface area contributed by atoms with E-state index >= 15 is 0 Å². The lowest BCUT2D eigenvalue weighted by Crippen LogP contribution is -1.96.